The van der Waals surface area contributed by atoms with Crippen LogP contribution < -0.4 is 5.32 Å². The molecule has 7 heteroatoms. The van der Waals surface area contributed by atoms with Gasteiger partial charge in [-0.05, 0) is 62.9 Å². The summed E-state index contributed by atoms with van der Waals surface area (Å²) in [5.74, 6) is 0.304. The molecule has 4 rings (SSSR count). The molecule has 2 aromatic heterocycles. The van der Waals surface area contributed by atoms with E-state index in [1.54, 1.807) is 12.1 Å². The second-order valence-corrected chi connectivity index (χ2v) is 7.89. The van der Waals surface area contributed by atoms with Gasteiger partial charge in [0.25, 0.3) is 5.91 Å². The summed E-state index contributed by atoms with van der Waals surface area (Å²) >= 11 is 0. The first kappa shape index (κ1) is 20.1. The average Bonchev–Trinajstić information content (AvgIpc) is 2.90. The molecule has 3 heterocycles. The van der Waals surface area contributed by atoms with Crippen molar-refractivity contribution in [2.45, 2.75) is 53.0 Å². The molecular weight excluding hydrogens is 380 g/mol. The Bertz CT molecular complexity index is 1160. The monoisotopic (exact) mass is 406 g/mol. The second kappa shape index (κ2) is 7.89. The number of aryl methyl sites for hydroxylation is 4. The van der Waals surface area contributed by atoms with Crippen LogP contribution in [-0.2, 0) is 17.7 Å². The standard InChI is InChI=1S/C23H26N4O3/c1-13-10-16(12-17(15(13)3)23(29)30-4)25-22(28)18-11-14(2)24-21-20(18)26-19-8-6-5-7-9-27(19)21/h10-12H,5-9H2,1-4H3,(H,25,28). The fourth-order valence-electron chi connectivity index (χ4n) is 4.04. The van der Waals surface area contributed by atoms with E-state index in [1.807, 2.05) is 26.8 Å². The molecular formula is C23H26N4O3. The van der Waals surface area contributed by atoms with Gasteiger partial charge in [-0.25, -0.2) is 14.8 Å². The highest BCUT2D eigenvalue weighted by molar-refractivity contribution is 6.11. The van der Waals surface area contributed by atoms with Crippen LogP contribution in [0.15, 0.2) is 18.2 Å². The number of carbonyl (C=O) groups excluding carboxylic acids is 2. The molecule has 0 unspecified atom stereocenters. The van der Waals surface area contributed by atoms with Crippen molar-refractivity contribution in [2.24, 2.45) is 0 Å². The van der Waals surface area contributed by atoms with Gasteiger partial charge in [-0.1, -0.05) is 6.42 Å². The summed E-state index contributed by atoms with van der Waals surface area (Å²) < 4.78 is 7.02. The van der Waals surface area contributed by atoms with Crippen LogP contribution in [0.4, 0.5) is 5.69 Å². The lowest BCUT2D eigenvalue weighted by Crippen LogP contribution is -2.15. The van der Waals surface area contributed by atoms with Gasteiger partial charge in [-0.15, -0.1) is 0 Å². The number of esters is 1. The quantitative estimate of drug-likeness (QED) is 0.661. The number of anilines is 1. The second-order valence-electron chi connectivity index (χ2n) is 7.89. The molecule has 1 amide bonds. The van der Waals surface area contributed by atoms with Gasteiger partial charge in [-0.3, -0.25) is 4.79 Å². The minimum absolute atomic E-state index is 0.266. The molecule has 0 radical (unpaired) electrons. The largest absolute Gasteiger partial charge is 0.465 e. The lowest BCUT2D eigenvalue weighted by atomic mass is 10.0. The Morgan fingerprint density at radius 1 is 1.03 bits per heavy atom. The minimum atomic E-state index is -0.424. The smallest absolute Gasteiger partial charge is 0.338 e. The van der Waals surface area contributed by atoms with E-state index in [0.717, 1.165) is 54.1 Å². The number of fused-ring (bicyclic) bond motifs is 3. The number of rotatable bonds is 3. The van der Waals surface area contributed by atoms with Gasteiger partial charge in [0.2, 0.25) is 0 Å². The van der Waals surface area contributed by atoms with E-state index >= 15 is 0 Å². The summed E-state index contributed by atoms with van der Waals surface area (Å²) in [5.41, 5.74) is 5.40. The van der Waals surface area contributed by atoms with Crippen LogP contribution >= 0.6 is 0 Å². The van der Waals surface area contributed by atoms with Crippen LogP contribution in [0.5, 0.6) is 0 Å². The summed E-state index contributed by atoms with van der Waals surface area (Å²) in [4.78, 5) is 34.7. The van der Waals surface area contributed by atoms with Gasteiger partial charge in [0.05, 0.1) is 18.2 Å². The van der Waals surface area contributed by atoms with Crippen LogP contribution in [0.2, 0.25) is 0 Å². The number of carbonyl (C=O) groups is 2. The van der Waals surface area contributed by atoms with Crippen molar-refractivity contribution in [2.75, 3.05) is 12.4 Å². The van der Waals surface area contributed by atoms with Crippen molar-refractivity contribution in [1.82, 2.24) is 14.5 Å². The van der Waals surface area contributed by atoms with Crippen molar-refractivity contribution < 1.29 is 14.3 Å². The van der Waals surface area contributed by atoms with Gasteiger partial charge in [0, 0.05) is 24.3 Å². The van der Waals surface area contributed by atoms with E-state index in [0.29, 0.717) is 22.3 Å². The topological polar surface area (TPSA) is 86.1 Å². The molecule has 1 N–H and O–H groups in total. The van der Waals surface area contributed by atoms with Gasteiger partial charge in [0.1, 0.15) is 11.3 Å². The average molecular weight is 406 g/mol. The lowest BCUT2D eigenvalue weighted by molar-refractivity contribution is 0.0599. The number of hydrogen-bond donors (Lipinski definition) is 1. The zero-order valence-electron chi connectivity index (χ0n) is 17.8. The number of amides is 1. The number of nitrogens with zero attached hydrogens (tertiary/aromatic N) is 3. The Labute approximate surface area is 175 Å². The minimum Gasteiger partial charge on any atom is -0.465 e. The van der Waals surface area contributed by atoms with Gasteiger partial charge >= 0.3 is 5.97 Å². The number of imidazole rings is 1. The first-order valence-electron chi connectivity index (χ1n) is 10.3. The van der Waals surface area contributed by atoms with Crippen LogP contribution in [0.1, 0.15) is 62.6 Å². The maximum absolute atomic E-state index is 13.2. The normalized spacial score (nSPS) is 13.6. The lowest BCUT2D eigenvalue weighted by Gasteiger charge is -2.12. The number of nitrogens with one attached hydrogen (secondary N) is 1. The van der Waals surface area contributed by atoms with E-state index in [-0.39, 0.29) is 5.91 Å². The highest BCUT2D eigenvalue weighted by Gasteiger charge is 2.21. The molecule has 0 saturated heterocycles. The zero-order valence-corrected chi connectivity index (χ0v) is 17.8. The van der Waals surface area contributed by atoms with Crippen LogP contribution in [0.3, 0.4) is 0 Å². The molecule has 0 atom stereocenters. The predicted molar refractivity (Wildman–Crippen MR) is 115 cm³/mol. The van der Waals surface area contributed by atoms with E-state index < -0.39 is 5.97 Å². The Hall–Kier alpha value is -3.22. The van der Waals surface area contributed by atoms with E-state index in [9.17, 15) is 9.59 Å². The van der Waals surface area contributed by atoms with E-state index in [1.165, 1.54) is 13.5 Å². The summed E-state index contributed by atoms with van der Waals surface area (Å²) in [7, 11) is 1.35. The predicted octanol–water partition coefficient (Wildman–Crippen LogP) is 4.12. The van der Waals surface area contributed by atoms with Gasteiger partial charge < -0.3 is 14.6 Å². The summed E-state index contributed by atoms with van der Waals surface area (Å²) in [6.45, 7) is 6.53. The Morgan fingerprint density at radius 3 is 2.60 bits per heavy atom. The van der Waals surface area contributed by atoms with E-state index in [2.05, 4.69) is 14.9 Å². The number of methoxy groups -OCH3 is 1. The first-order chi connectivity index (χ1) is 14.4. The number of aromatic nitrogens is 3. The van der Waals surface area contributed by atoms with Crippen molar-refractivity contribution in [3.8, 4) is 0 Å². The Kier molecular flexibility index (Phi) is 5.28. The van der Waals surface area contributed by atoms with E-state index in [4.69, 9.17) is 9.72 Å². The number of hydrogen-bond acceptors (Lipinski definition) is 5. The molecule has 0 spiro atoms. The van der Waals surface area contributed by atoms with Crippen LogP contribution in [0.25, 0.3) is 11.2 Å². The number of ether oxygens (including phenoxy) is 1. The summed E-state index contributed by atoms with van der Waals surface area (Å²) in [6.07, 6.45) is 4.27. The highest BCUT2D eigenvalue weighted by atomic mass is 16.5. The van der Waals surface area contributed by atoms with Crippen molar-refractivity contribution in [3.63, 3.8) is 0 Å². The molecule has 30 heavy (non-hydrogen) atoms. The zero-order chi connectivity index (χ0) is 21.4. The third kappa shape index (κ3) is 3.56. The molecule has 0 aliphatic carbocycles. The first-order valence-corrected chi connectivity index (χ1v) is 10.3. The number of benzene rings is 1. The fourth-order valence-corrected chi connectivity index (χ4v) is 4.04. The molecule has 0 bridgehead atoms. The molecule has 7 nitrogen and oxygen atoms in total. The van der Waals surface area contributed by atoms with Gasteiger partial charge in [-0.2, -0.15) is 0 Å². The van der Waals surface area contributed by atoms with Crippen molar-refractivity contribution in [1.29, 1.82) is 0 Å². The van der Waals surface area contributed by atoms with Crippen molar-refractivity contribution >= 4 is 28.7 Å². The molecule has 3 aromatic rings. The highest BCUT2D eigenvalue weighted by Crippen LogP contribution is 2.26. The van der Waals surface area contributed by atoms with Crippen LogP contribution in [-0.4, -0.2) is 33.5 Å². The molecule has 1 aliphatic heterocycles. The summed E-state index contributed by atoms with van der Waals surface area (Å²) in [6, 6.07) is 5.28. The molecule has 0 fully saturated rings. The Morgan fingerprint density at radius 2 is 1.83 bits per heavy atom. The molecule has 1 aromatic carbocycles. The Balaban J connectivity index is 1.74. The molecule has 1 aliphatic rings. The van der Waals surface area contributed by atoms with Crippen molar-refractivity contribution in [3.05, 3.63) is 52.0 Å². The molecule has 156 valence electrons. The summed E-state index contributed by atoms with van der Waals surface area (Å²) in [5, 5.41) is 2.93. The molecule has 0 saturated carbocycles. The number of pyridine rings is 1. The maximum atomic E-state index is 13.2. The third-order valence-electron chi connectivity index (χ3n) is 5.77. The van der Waals surface area contributed by atoms with Crippen LogP contribution in [0, 0.1) is 20.8 Å². The SMILES string of the molecule is COC(=O)c1cc(NC(=O)c2cc(C)nc3c2nc2n3CCCCC2)cc(C)c1C. The maximum Gasteiger partial charge on any atom is 0.338 e. The third-order valence-corrected chi connectivity index (χ3v) is 5.77. The van der Waals surface area contributed by atoms with Gasteiger partial charge in [0.15, 0.2) is 5.65 Å². The fraction of sp³-hybridized carbons (Fsp3) is 0.391.